The first-order valence-corrected chi connectivity index (χ1v) is 9.94. The van der Waals surface area contributed by atoms with Crippen LogP contribution in [0.1, 0.15) is 18.4 Å². The molecule has 4 rings (SSSR count). The summed E-state index contributed by atoms with van der Waals surface area (Å²) in [6, 6.07) is 16.3. The van der Waals surface area contributed by atoms with Gasteiger partial charge in [0, 0.05) is 36.0 Å². The highest BCUT2D eigenvalue weighted by molar-refractivity contribution is 6.30. The van der Waals surface area contributed by atoms with E-state index in [4.69, 9.17) is 11.6 Å². The number of halogens is 1. The second-order valence-electron chi connectivity index (χ2n) is 6.84. The zero-order valence-corrected chi connectivity index (χ0v) is 16.4. The van der Waals surface area contributed by atoms with Crippen molar-refractivity contribution < 1.29 is 0 Å². The molecular formula is C21H23ClN6. The minimum Gasteiger partial charge on any atom is -0.372 e. The lowest BCUT2D eigenvalue weighted by Crippen LogP contribution is -2.17. The zero-order valence-electron chi connectivity index (χ0n) is 15.6. The maximum absolute atomic E-state index is 6.02. The second kappa shape index (κ2) is 8.89. The molecular weight excluding hydrogens is 372 g/mol. The molecule has 0 saturated carbocycles. The first-order valence-electron chi connectivity index (χ1n) is 9.56. The molecule has 0 atom stereocenters. The summed E-state index contributed by atoms with van der Waals surface area (Å²) >= 11 is 6.02. The molecule has 0 radical (unpaired) electrons. The van der Waals surface area contributed by atoms with Crippen molar-refractivity contribution in [2.45, 2.75) is 19.3 Å². The van der Waals surface area contributed by atoms with Gasteiger partial charge in [0.05, 0.1) is 6.20 Å². The third kappa shape index (κ3) is 4.89. The van der Waals surface area contributed by atoms with Gasteiger partial charge in [-0.3, -0.25) is 0 Å². The molecule has 2 heterocycles. The summed E-state index contributed by atoms with van der Waals surface area (Å²) < 4.78 is 0. The molecule has 144 valence electrons. The van der Waals surface area contributed by atoms with Crippen molar-refractivity contribution in [3.63, 3.8) is 0 Å². The van der Waals surface area contributed by atoms with Crippen molar-refractivity contribution in [3.05, 3.63) is 65.3 Å². The molecule has 3 aromatic rings. The molecule has 1 aliphatic heterocycles. The lowest BCUT2D eigenvalue weighted by molar-refractivity contribution is 0.929. The quantitative estimate of drug-likeness (QED) is 0.614. The van der Waals surface area contributed by atoms with Gasteiger partial charge in [-0.05, 0) is 61.2 Å². The highest BCUT2D eigenvalue weighted by Crippen LogP contribution is 2.23. The normalized spacial score (nSPS) is 13.5. The Balaban J connectivity index is 1.33. The predicted molar refractivity (Wildman–Crippen MR) is 115 cm³/mol. The maximum atomic E-state index is 6.02. The van der Waals surface area contributed by atoms with E-state index in [1.54, 1.807) is 6.20 Å². The van der Waals surface area contributed by atoms with Crippen molar-refractivity contribution in [1.29, 1.82) is 0 Å². The fourth-order valence-electron chi connectivity index (χ4n) is 3.33. The molecule has 1 aliphatic rings. The third-order valence-corrected chi connectivity index (χ3v) is 4.99. The first-order chi connectivity index (χ1) is 13.8. The largest absolute Gasteiger partial charge is 0.372 e. The molecule has 0 amide bonds. The lowest BCUT2D eigenvalue weighted by Gasteiger charge is -2.17. The van der Waals surface area contributed by atoms with E-state index in [-0.39, 0.29) is 0 Å². The van der Waals surface area contributed by atoms with E-state index in [1.807, 2.05) is 18.2 Å². The summed E-state index contributed by atoms with van der Waals surface area (Å²) in [5.74, 6) is 1.16. The van der Waals surface area contributed by atoms with E-state index in [9.17, 15) is 0 Å². The van der Waals surface area contributed by atoms with Crippen molar-refractivity contribution in [2.75, 3.05) is 35.2 Å². The van der Waals surface area contributed by atoms with Gasteiger partial charge in [-0.1, -0.05) is 23.7 Å². The van der Waals surface area contributed by atoms with Crippen LogP contribution in [0.4, 0.5) is 23.1 Å². The molecule has 2 aromatic carbocycles. The van der Waals surface area contributed by atoms with Gasteiger partial charge in [-0.25, -0.2) is 0 Å². The molecule has 1 fully saturated rings. The van der Waals surface area contributed by atoms with Crippen molar-refractivity contribution in [3.8, 4) is 0 Å². The SMILES string of the molecule is Clc1cccc(CCNc2nncc(Nc3ccc(N4CCCC4)cc3)n2)c1. The van der Waals surface area contributed by atoms with Crippen LogP contribution in [0.5, 0.6) is 0 Å². The van der Waals surface area contributed by atoms with E-state index in [0.717, 1.165) is 30.2 Å². The van der Waals surface area contributed by atoms with Gasteiger partial charge in [0.25, 0.3) is 0 Å². The van der Waals surface area contributed by atoms with E-state index < -0.39 is 0 Å². The summed E-state index contributed by atoms with van der Waals surface area (Å²) in [6.45, 7) is 3.00. The number of rotatable bonds is 7. The number of hydrogen-bond donors (Lipinski definition) is 2. The molecule has 2 N–H and O–H groups in total. The molecule has 0 spiro atoms. The van der Waals surface area contributed by atoms with Crippen LogP contribution in [0.15, 0.2) is 54.7 Å². The predicted octanol–water partition coefficient (Wildman–Crippen LogP) is 4.52. The first kappa shape index (κ1) is 18.5. The smallest absolute Gasteiger partial charge is 0.244 e. The van der Waals surface area contributed by atoms with Crippen molar-refractivity contribution >= 4 is 34.7 Å². The van der Waals surface area contributed by atoms with Crippen LogP contribution in [-0.4, -0.2) is 34.8 Å². The van der Waals surface area contributed by atoms with E-state index in [1.165, 1.54) is 24.1 Å². The van der Waals surface area contributed by atoms with E-state index in [2.05, 4.69) is 61.0 Å². The minimum atomic E-state index is 0.501. The van der Waals surface area contributed by atoms with Gasteiger partial charge in [-0.15, -0.1) is 5.10 Å². The molecule has 1 saturated heterocycles. The fraction of sp³-hybridized carbons (Fsp3) is 0.286. The average Bonchev–Trinajstić information content (AvgIpc) is 3.24. The third-order valence-electron chi connectivity index (χ3n) is 4.76. The Morgan fingerprint density at radius 1 is 1.04 bits per heavy atom. The summed E-state index contributed by atoms with van der Waals surface area (Å²) in [7, 11) is 0. The summed E-state index contributed by atoms with van der Waals surface area (Å²) in [5, 5.41) is 15.3. The highest BCUT2D eigenvalue weighted by atomic mass is 35.5. The monoisotopic (exact) mass is 394 g/mol. The Morgan fingerprint density at radius 3 is 2.64 bits per heavy atom. The molecule has 0 bridgehead atoms. The van der Waals surface area contributed by atoms with Gasteiger partial charge in [-0.2, -0.15) is 10.1 Å². The van der Waals surface area contributed by atoms with Crippen LogP contribution in [0, 0.1) is 0 Å². The molecule has 6 nitrogen and oxygen atoms in total. The molecule has 7 heteroatoms. The van der Waals surface area contributed by atoms with Crippen molar-refractivity contribution in [2.24, 2.45) is 0 Å². The summed E-state index contributed by atoms with van der Waals surface area (Å²) in [4.78, 5) is 6.90. The fourth-order valence-corrected chi connectivity index (χ4v) is 3.54. The highest BCUT2D eigenvalue weighted by Gasteiger charge is 2.11. The van der Waals surface area contributed by atoms with Crippen LogP contribution in [0.2, 0.25) is 5.02 Å². The minimum absolute atomic E-state index is 0.501. The molecule has 0 aliphatic carbocycles. The number of aromatic nitrogens is 3. The van der Waals surface area contributed by atoms with Gasteiger partial charge >= 0.3 is 0 Å². The topological polar surface area (TPSA) is 66.0 Å². The summed E-state index contributed by atoms with van der Waals surface area (Å²) in [6.07, 6.45) is 5.01. The van der Waals surface area contributed by atoms with E-state index >= 15 is 0 Å². The van der Waals surface area contributed by atoms with Gasteiger partial charge in [0.2, 0.25) is 5.95 Å². The number of benzene rings is 2. The zero-order chi connectivity index (χ0) is 19.2. The Hall–Kier alpha value is -2.86. The van der Waals surface area contributed by atoms with Crippen LogP contribution < -0.4 is 15.5 Å². The Bertz CT molecular complexity index is 909. The van der Waals surface area contributed by atoms with E-state index in [0.29, 0.717) is 18.3 Å². The maximum Gasteiger partial charge on any atom is 0.244 e. The van der Waals surface area contributed by atoms with Gasteiger partial charge in [0.15, 0.2) is 5.82 Å². The van der Waals surface area contributed by atoms with Crippen LogP contribution in [0.25, 0.3) is 0 Å². The molecule has 1 aromatic heterocycles. The van der Waals surface area contributed by atoms with Crippen LogP contribution in [-0.2, 0) is 6.42 Å². The standard InChI is InChI=1S/C21H23ClN6/c22-17-5-3-4-16(14-17)10-11-23-21-26-20(15-24-27-21)25-18-6-8-19(9-7-18)28-12-1-2-13-28/h3-9,14-15H,1-2,10-13H2,(H2,23,25,26,27). The average molecular weight is 395 g/mol. The number of nitrogens with zero attached hydrogens (tertiary/aromatic N) is 4. The van der Waals surface area contributed by atoms with Crippen LogP contribution >= 0.6 is 11.6 Å². The number of anilines is 4. The Morgan fingerprint density at radius 2 is 1.86 bits per heavy atom. The van der Waals surface area contributed by atoms with Crippen molar-refractivity contribution in [1.82, 2.24) is 15.2 Å². The molecule has 28 heavy (non-hydrogen) atoms. The summed E-state index contributed by atoms with van der Waals surface area (Å²) in [5.41, 5.74) is 3.42. The Kier molecular flexibility index (Phi) is 5.87. The lowest BCUT2D eigenvalue weighted by atomic mass is 10.1. The van der Waals surface area contributed by atoms with Gasteiger partial charge in [0.1, 0.15) is 0 Å². The Labute approximate surface area is 170 Å². The second-order valence-corrected chi connectivity index (χ2v) is 7.27. The number of nitrogens with one attached hydrogen (secondary N) is 2. The molecule has 0 unspecified atom stereocenters. The van der Waals surface area contributed by atoms with Gasteiger partial charge < -0.3 is 15.5 Å². The number of hydrogen-bond acceptors (Lipinski definition) is 6. The van der Waals surface area contributed by atoms with Crippen LogP contribution in [0.3, 0.4) is 0 Å².